The standard InChI is InChI=1S/C18H17F3N2O2/c19-13-4-9-16-12(11-13)3-1-2-10-23(16)18(24)22-14-5-7-15(8-6-14)25-17(20)21/h4-9,11,17H,1-3,10H2,(H,22,24). The first-order chi connectivity index (χ1) is 12.0. The second-order valence-corrected chi connectivity index (χ2v) is 5.71. The zero-order valence-electron chi connectivity index (χ0n) is 13.3. The van der Waals surface area contributed by atoms with E-state index in [-0.39, 0.29) is 17.6 Å². The van der Waals surface area contributed by atoms with Crippen molar-refractivity contribution in [3.63, 3.8) is 0 Å². The van der Waals surface area contributed by atoms with Gasteiger partial charge in [0.25, 0.3) is 0 Å². The average Bonchev–Trinajstić information content (AvgIpc) is 2.78. The fourth-order valence-corrected chi connectivity index (χ4v) is 2.85. The first-order valence-electron chi connectivity index (χ1n) is 7.95. The predicted molar refractivity (Wildman–Crippen MR) is 88.8 cm³/mol. The van der Waals surface area contributed by atoms with Crippen LogP contribution in [0.5, 0.6) is 5.75 Å². The predicted octanol–water partition coefficient (Wildman–Crippen LogP) is 4.80. The Labute approximate surface area is 143 Å². The molecule has 2 aromatic carbocycles. The highest BCUT2D eigenvalue weighted by atomic mass is 19.3. The van der Waals surface area contributed by atoms with Crippen LogP contribution in [-0.4, -0.2) is 19.2 Å². The number of benzene rings is 2. The van der Waals surface area contributed by atoms with Crippen molar-refractivity contribution in [2.45, 2.75) is 25.9 Å². The van der Waals surface area contributed by atoms with Crippen LogP contribution in [0.4, 0.5) is 29.3 Å². The molecule has 1 heterocycles. The summed E-state index contributed by atoms with van der Waals surface area (Å²) in [5, 5.41) is 2.73. The number of alkyl halides is 2. The summed E-state index contributed by atoms with van der Waals surface area (Å²) in [6.07, 6.45) is 2.40. The molecule has 4 nitrogen and oxygen atoms in total. The van der Waals surface area contributed by atoms with Crippen LogP contribution in [0.3, 0.4) is 0 Å². The van der Waals surface area contributed by atoms with Gasteiger partial charge in [0.15, 0.2) is 0 Å². The quantitative estimate of drug-likeness (QED) is 0.864. The molecule has 0 unspecified atom stereocenters. The minimum atomic E-state index is -2.89. The number of rotatable bonds is 3. The van der Waals surface area contributed by atoms with Crippen molar-refractivity contribution >= 4 is 17.4 Å². The summed E-state index contributed by atoms with van der Waals surface area (Å²) in [6, 6.07) is 9.73. The molecule has 0 radical (unpaired) electrons. The molecule has 7 heteroatoms. The van der Waals surface area contributed by atoms with Crippen LogP contribution in [0.15, 0.2) is 42.5 Å². The van der Waals surface area contributed by atoms with Gasteiger partial charge < -0.3 is 10.1 Å². The average molecular weight is 350 g/mol. The fraction of sp³-hybridized carbons (Fsp3) is 0.278. The van der Waals surface area contributed by atoms with Crippen molar-refractivity contribution < 1.29 is 22.7 Å². The lowest BCUT2D eigenvalue weighted by Crippen LogP contribution is -2.35. The van der Waals surface area contributed by atoms with Gasteiger partial charge in [-0.1, -0.05) is 0 Å². The van der Waals surface area contributed by atoms with Crippen molar-refractivity contribution in [1.29, 1.82) is 0 Å². The number of aryl methyl sites for hydroxylation is 1. The fourth-order valence-electron chi connectivity index (χ4n) is 2.85. The van der Waals surface area contributed by atoms with Gasteiger partial charge in [0.2, 0.25) is 0 Å². The Morgan fingerprint density at radius 3 is 2.60 bits per heavy atom. The van der Waals surface area contributed by atoms with Crippen LogP contribution < -0.4 is 15.0 Å². The van der Waals surface area contributed by atoms with Gasteiger partial charge in [0.05, 0.1) is 0 Å². The molecule has 0 saturated carbocycles. The number of anilines is 2. The Morgan fingerprint density at radius 2 is 1.88 bits per heavy atom. The molecule has 0 spiro atoms. The van der Waals surface area contributed by atoms with Crippen LogP contribution >= 0.6 is 0 Å². The van der Waals surface area contributed by atoms with E-state index in [2.05, 4.69) is 10.1 Å². The van der Waals surface area contributed by atoms with E-state index >= 15 is 0 Å². The number of fused-ring (bicyclic) bond motifs is 1. The number of hydrogen-bond donors (Lipinski definition) is 1. The Bertz CT molecular complexity index is 750. The maximum atomic E-state index is 13.4. The second-order valence-electron chi connectivity index (χ2n) is 5.71. The molecule has 3 rings (SSSR count). The highest BCUT2D eigenvalue weighted by Crippen LogP contribution is 2.28. The van der Waals surface area contributed by atoms with Gasteiger partial charge in [-0.2, -0.15) is 8.78 Å². The number of hydrogen-bond acceptors (Lipinski definition) is 2. The molecule has 0 fully saturated rings. The molecule has 0 atom stereocenters. The second kappa shape index (κ2) is 7.46. The lowest BCUT2D eigenvalue weighted by atomic mass is 10.1. The summed E-state index contributed by atoms with van der Waals surface area (Å²) in [6.45, 7) is -2.37. The molecular weight excluding hydrogens is 333 g/mol. The molecular formula is C18H17F3N2O2. The highest BCUT2D eigenvalue weighted by Gasteiger charge is 2.21. The van der Waals surface area contributed by atoms with E-state index in [0.717, 1.165) is 24.8 Å². The Morgan fingerprint density at radius 1 is 1.12 bits per heavy atom. The van der Waals surface area contributed by atoms with Crippen LogP contribution in [0, 0.1) is 5.82 Å². The molecule has 0 bridgehead atoms. The third-order valence-electron chi connectivity index (χ3n) is 3.99. The number of halogens is 3. The number of carbonyl (C=O) groups is 1. The number of amides is 2. The molecule has 0 aromatic heterocycles. The van der Waals surface area contributed by atoms with Crippen molar-refractivity contribution in [2.24, 2.45) is 0 Å². The Balaban J connectivity index is 1.75. The summed E-state index contributed by atoms with van der Waals surface area (Å²) in [5.74, 6) is -0.306. The van der Waals surface area contributed by atoms with Gasteiger partial charge in [-0.3, -0.25) is 4.90 Å². The van der Waals surface area contributed by atoms with Crippen molar-refractivity contribution in [1.82, 2.24) is 0 Å². The van der Waals surface area contributed by atoms with Crippen molar-refractivity contribution in [3.05, 3.63) is 53.8 Å². The topological polar surface area (TPSA) is 41.6 Å². The molecule has 1 N–H and O–H groups in total. The maximum absolute atomic E-state index is 13.4. The normalized spacial score (nSPS) is 14.0. The molecule has 2 amide bonds. The first kappa shape index (κ1) is 17.1. The summed E-state index contributed by atoms with van der Waals surface area (Å²) in [4.78, 5) is 14.2. The van der Waals surface area contributed by atoms with Gasteiger partial charge in [-0.15, -0.1) is 0 Å². The summed E-state index contributed by atoms with van der Waals surface area (Å²) in [7, 11) is 0. The third kappa shape index (κ3) is 4.23. The van der Waals surface area contributed by atoms with Crippen LogP contribution in [-0.2, 0) is 6.42 Å². The zero-order valence-corrected chi connectivity index (χ0v) is 13.3. The van der Waals surface area contributed by atoms with Crippen molar-refractivity contribution in [2.75, 3.05) is 16.8 Å². The lowest BCUT2D eigenvalue weighted by molar-refractivity contribution is -0.0498. The number of nitrogens with one attached hydrogen (secondary N) is 1. The van der Waals surface area contributed by atoms with E-state index in [1.807, 2.05) is 0 Å². The lowest BCUT2D eigenvalue weighted by Gasteiger charge is -2.23. The molecule has 132 valence electrons. The number of nitrogens with zero attached hydrogens (tertiary/aromatic N) is 1. The van der Waals surface area contributed by atoms with Crippen LogP contribution in [0.1, 0.15) is 18.4 Å². The molecule has 25 heavy (non-hydrogen) atoms. The third-order valence-corrected chi connectivity index (χ3v) is 3.99. The summed E-state index contributed by atoms with van der Waals surface area (Å²) >= 11 is 0. The summed E-state index contributed by atoms with van der Waals surface area (Å²) < 4.78 is 42.0. The minimum absolute atomic E-state index is 0.0172. The van der Waals surface area contributed by atoms with Gasteiger partial charge in [-0.25, -0.2) is 9.18 Å². The molecule has 1 aliphatic rings. The summed E-state index contributed by atoms with van der Waals surface area (Å²) in [5.41, 5.74) is 1.95. The Kier molecular flexibility index (Phi) is 5.11. The number of ether oxygens (including phenoxy) is 1. The van der Waals surface area contributed by atoms with Gasteiger partial charge in [0, 0.05) is 17.9 Å². The van der Waals surface area contributed by atoms with E-state index < -0.39 is 6.61 Å². The number of urea groups is 1. The monoisotopic (exact) mass is 350 g/mol. The minimum Gasteiger partial charge on any atom is -0.435 e. The molecule has 1 aliphatic heterocycles. The zero-order chi connectivity index (χ0) is 17.8. The van der Waals surface area contributed by atoms with Gasteiger partial charge in [-0.05, 0) is 67.3 Å². The van der Waals surface area contributed by atoms with E-state index in [1.165, 1.54) is 36.4 Å². The highest BCUT2D eigenvalue weighted by molar-refractivity contribution is 6.02. The SMILES string of the molecule is O=C(Nc1ccc(OC(F)F)cc1)N1CCCCc2cc(F)ccc21. The molecule has 0 aliphatic carbocycles. The molecule has 2 aromatic rings. The largest absolute Gasteiger partial charge is 0.435 e. The van der Waals surface area contributed by atoms with Crippen LogP contribution in [0.25, 0.3) is 0 Å². The molecule has 0 saturated heterocycles. The smallest absolute Gasteiger partial charge is 0.387 e. The number of carbonyl (C=O) groups excluding carboxylic acids is 1. The van der Waals surface area contributed by atoms with Gasteiger partial charge >= 0.3 is 12.6 Å². The Hall–Kier alpha value is -2.70. The van der Waals surface area contributed by atoms with E-state index in [9.17, 15) is 18.0 Å². The first-order valence-corrected chi connectivity index (χ1v) is 7.95. The van der Waals surface area contributed by atoms with Crippen molar-refractivity contribution in [3.8, 4) is 5.75 Å². The van der Waals surface area contributed by atoms with E-state index in [4.69, 9.17) is 0 Å². The van der Waals surface area contributed by atoms with Gasteiger partial charge in [0.1, 0.15) is 11.6 Å². The maximum Gasteiger partial charge on any atom is 0.387 e. The van der Waals surface area contributed by atoms with E-state index in [1.54, 1.807) is 11.0 Å². The van der Waals surface area contributed by atoms with Crippen LogP contribution in [0.2, 0.25) is 0 Å². The van der Waals surface area contributed by atoms with E-state index in [0.29, 0.717) is 17.9 Å².